The van der Waals surface area contributed by atoms with E-state index in [1.165, 1.54) is 43.4 Å². The summed E-state index contributed by atoms with van der Waals surface area (Å²) in [5.41, 5.74) is 2.54. The molecule has 1 aliphatic carbocycles. The summed E-state index contributed by atoms with van der Waals surface area (Å²) >= 11 is 0. The molecular weight excluding hydrogens is 234 g/mol. The second kappa shape index (κ2) is 7.54. The maximum atomic E-state index is 5.54. The van der Waals surface area contributed by atoms with E-state index >= 15 is 0 Å². The first-order valence-corrected chi connectivity index (χ1v) is 7.75. The van der Waals surface area contributed by atoms with E-state index in [2.05, 4.69) is 36.5 Å². The van der Waals surface area contributed by atoms with Gasteiger partial charge in [-0.2, -0.15) is 0 Å². The van der Waals surface area contributed by atoms with Crippen LogP contribution in [-0.4, -0.2) is 12.6 Å². The van der Waals surface area contributed by atoms with Crippen LogP contribution in [-0.2, 0) is 11.3 Å². The minimum absolute atomic E-state index is 0.644. The van der Waals surface area contributed by atoms with Gasteiger partial charge in [-0.1, -0.05) is 31.5 Å². The number of ether oxygens (including phenoxy) is 1. The summed E-state index contributed by atoms with van der Waals surface area (Å²) in [4.78, 5) is 0. The van der Waals surface area contributed by atoms with Gasteiger partial charge >= 0.3 is 0 Å². The van der Waals surface area contributed by atoms with Gasteiger partial charge in [-0.3, -0.25) is 0 Å². The van der Waals surface area contributed by atoms with E-state index in [4.69, 9.17) is 4.74 Å². The van der Waals surface area contributed by atoms with Crippen molar-refractivity contribution >= 4 is 5.69 Å². The Hall–Kier alpha value is -1.02. The van der Waals surface area contributed by atoms with Crippen molar-refractivity contribution in [1.29, 1.82) is 0 Å². The topological polar surface area (TPSA) is 21.3 Å². The van der Waals surface area contributed by atoms with Crippen LogP contribution in [0.2, 0.25) is 0 Å². The van der Waals surface area contributed by atoms with E-state index in [0.29, 0.717) is 12.6 Å². The number of hydrogen-bond donors (Lipinski definition) is 1. The molecule has 1 fully saturated rings. The maximum absolute atomic E-state index is 5.54. The molecule has 2 rings (SSSR count). The summed E-state index contributed by atoms with van der Waals surface area (Å²) in [7, 11) is 0. The van der Waals surface area contributed by atoms with Crippen LogP contribution in [0.15, 0.2) is 24.3 Å². The van der Waals surface area contributed by atoms with E-state index in [1.807, 2.05) is 6.92 Å². The van der Waals surface area contributed by atoms with E-state index in [9.17, 15) is 0 Å². The third-order valence-electron chi connectivity index (χ3n) is 4.26. The van der Waals surface area contributed by atoms with Crippen molar-refractivity contribution in [2.24, 2.45) is 5.92 Å². The SMILES string of the molecule is CCOCc1ccccc1NC1CCC(CC)CC1. The van der Waals surface area contributed by atoms with Crippen LogP contribution in [0, 0.1) is 5.92 Å². The lowest BCUT2D eigenvalue weighted by Gasteiger charge is -2.29. The number of anilines is 1. The smallest absolute Gasteiger partial charge is 0.0736 e. The summed E-state index contributed by atoms with van der Waals surface area (Å²) < 4.78 is 5.54. The van der Waals surface area contributed by atoms with Crippen molar-refractivity contribution in [3.8, 4) is 0 Å². The number of nitrogens with one attached hydrogen (secondary N) is 1. The van der Waals surface area contributed by atoms with Crippen molar-refractivity contribution in [3.05, 3.63) is 29.8 Å². The Morgan fingerprint density at radius 2 is 1.84 bits per heavy atom. The summed E-state index contributed by atoms with van der Waals surface area (Å²) in [5.74, 6) is 0.955. The zero-order valence-electron chi connectivity index (χ0n) is 12.3. The number of hydrogen-bond acceptors (Lipinski definition) is 2. The summed E-state index contributed by atoms with van der Waals surface area (Å²) in [6.45, 7) is 5.85. The Morgan fingerprint density at radius 1 is 1.11 bits per heavy atom. The highest BCUT2D eigenvalue weighted by Crippen LogP contribution is 2.29. The minimum atomic E-state index is 0.644. The average molecular weight is 261 g/mol. The second-order valence-corrected chi connectivity index (χ2v) is 5.56. The Labute approximate surface area is 117 Å². The molecule has 0 bridgehead atoms. The normalized spacial score (nSPS) is 23.3. The lowest BCUT2D eigenvalue weighted by molar-refractivity contribution is 0.134. The van der Waals surface area contributed by atoms with Gasteiger partial charge in [-0.05, 0) is 44.6 Å². The highest BCUT2D eigenvalue weighted by atomic mass is 16.5. The Bertz CT molecular complexity index is 369. The molecule has 1 saturated carbocycles. The Balaban J connectivity index is 1.91. The minimum Gasteiger partial charge on any atom is -0.382 e. The van der Waals surface area contributed by atoms with Gasteiger partial charge in [0.2, 0.25) is 0 Å². The molecule has 0 aromatic heterocycles. The van der Waals surface area contributed by atoms with E-state index in [1.54, 1.807) is 0 Å². The highest BCUT2D eigenvalue weighted by Gasteiger charge is 2.20. The third kappa shape index (κ3) is 4.24. The summed E-state index contributed by atoms with van der Waals surface area (Å²) in [6.07, 6.45) is 6.71. The molecule has 1 N–H and O–H groups in total. The monoisotopic (exact) mass is 261 g/mol. The molecule has 0 aliphatic heterocycles. The molecule has 19 heavy (non-hydrogen) atoms. The van der Waals surface area contributed by atoms with Crippen LogP contribution in [0.5, 0.6) is 0 Å². The fraction of sp³-hybridized carbons (Fsp3) is 0.647. The van der Waals surface area contributed by atoms with Gasteiger partial charge in [0.1, 0.15) is 0 Å². The largest absolute Gasteiger partial charge is 0.382 e. The first kappa shape index (κ1) is 14.4. The number of benzene rings is 1. The van der Waals surface area contributed by atoms with Gasteiger partial charge in [0.25, 0.3) is 0 Å². The molecule has 0 radical (unpaired) electrons. The van der Waals surface area contributed by atoms with E-state index in [0.717, 1.165) is 12.5 Å². The average Bonchev–Trinajstić information content (AvgIpc) is 2.47. The standard InChI is InChI=1S/C17H27NO/c1-3-14-9-11-16(12-10-14)18-17-8-6-5-7-15(17)13-19-4-2/h5-8,14,16,18H,3-4,9-13H2,1-2H3. The molecule has 1 aliphatic rings. The predicted octanol–water partition coefficient (Wildman–Crippen LogP) is 4.60. The highest BCUT2D eigenvalue weighted by molar-refractivity contribution is 5.51. The van der Waals surface area contributed by atoms with Crippen LogP contribution >= 0.6 is 0 Å². The lowest BCUT2D eigenvalue weighted by atomic mass is 9.84. The van der Waals surface area contributed by atoms with Crippen molar-refractivity contribution in [2.45, 2.75) is 58.6 Å². The Kier molecular flexibility index (Phi) is 5.71. The molecule has 106 valence electrons. The van der Waals surface area contributed by atoms with Gasteiger partial charge in [-0.15, -0.1) is 0 Å². The van der Waals surface area contributed by atoms with Gasteiger partial charge in [0.05, 0.1) is 6.61 Å². The van der Waals surface area contributed by atoms with E-state index < -0.39 is 0 Å². The van der Waals surface area contributed by atoms with Crippen molar-refractivity contribution in [3.63, 3.8) is 0 Å². The molecule has 1 aromatic carbocycles. The third-order valence-corrected chi connectivity index (χ3v) is 4.26. The van der Waals surface area contributed by atoms with Crippen molar-refractivity contribution in [1.82, 2.24) is 0 Å². The zero-order chi connectivity index (χ0) is 13.5. The molecule has 1 aromatic rings. The predicted molar refractivity (Wildman–Crippen MR) is 81.4 cm³/mol. The quantitative estimate of drug-likeness (QED) is 0.807. The molecule has 0 unspecified atom stereocenters. The van der Waals surface area contributed by atoms with Crippen LogP contribution in [0.25, 0.3) is 0 Å². The molecular formula is C17H27NO. The molecule has 2 nitrogen and oxygen atoms in total. The van der Waals surface area contributed by atoms with Gasteiger partial charge in [0, 0.05) is 23.9 Å². The fourth-order valence-corrected chi connectivity index (χ4v) is 2.93. The summed E-state index contributed by atoms with van der Waals surface area (Å²) in [6, 6.07) is 9.18. The van der Waals surface area contributed by atoms with Crippen LogP contribution < -0.4 is 5.32 Å². The number of para-hydroxylation sites is 1. The molecule has 0 atom stereocenters. The van der Waals surface area contributed by atoms with Crippen LogP contribution in [0.1, 0.15) is 51.5 Å². The van der Waals surface area contributed by atoms with E-state index in [-0.39, 0.29) is 0 Å². The van der Waals surface area contributed by atoms with Gasteiger partial charge < -0.3 is 10.1 Å². The molecule has 2 heteroatoms. The summed E-state index contributed by atoms with van der Waals surface area (Å²) in [5, 5.41) is 3.72. The first-order valence-electron chi connectivity index (χ1n) is 7.75. The lowest BCUT2D eigenvalue weighted by Crippen LogP contribution is -2.26. The molecule has 0 heterocycles. The van der Waals surface area contributed by atoms with Crippen LogP contribution in [0.4, 0.5) is 5.69 Å². The second-order valence-electron chi connectivity index (χ2n) is 5.56. The molecule has 0 spiro atoms. The van der Waals surface area contributed by atoms with Crippen LogP contribution in [0.3, 0.4) is 0 Å². The zero-order valence-corrected chi connectivity index (χ0v) is 12.3. The first-order chi connectivity index (χ1) is 9.33. The fourth-order valence-electron chi connectivity index (χ4n) is 2.93. The molecule has 0 saturated heterocycles. The molecule has 0 amide bonds. The van der Waals surface area contributed by atoms with Crippen molar-refractivity contribution < 1.29 is 4.74 Å². The van der Waals surface area contributed by atoms with Crippen molar-refractivity contribution in [2.75, 3.05) is 11.9 Å². The Morgan fingerprint density at radius 3 is 2.53 bits per heavy atom. The van der Waals surface area contributed by atoms with Gasteiger partial charge in [-0.25, -0.2) is 0 Å². The number of rotatable bonds is 6. The van der Waals surface area contributed by atoms with Gasteiger partial charge in [0.15, 0.2) is 0 Å². The maximum Gasteiger partial charge on any atom is 0.0736 e.